The third-order valence-electron chi connectivity index (χ3n) is 3.17. The third-order valence-corrected chi connectivity index (χ3v) is 4.80. The summed E-state index contributed by atoms with van der Waals surface area (Å²) >= 11 is 4.66. The fourth-order valence-corrected chi connectivity index (χ4v) is 3.55. The van der Waals surface area contributed by atoms with Gasteiger partial charge in [-0.1, -0.05) is 11.3 Å². The van der Waals surface area contributed by atoms with E-state index >= 15 is 0 Å². The second kappa shape index (κ2) is 9.54. The van der Waals surface area contributed by atoms with E-state index in [1.54, 1.807) is 27.2 Å². The fourth-order valence-electron chi connectivity index (χ4n) is 2.12. The van der Waals surface area contributed by atoms with Gasteiger partial charge in [0.25, 0.3) is 0 Å². The number of benzene rings is 1. The number of halogens is 1. The summed E-state index contributed by atoms with van der Waals surface area (Å²) in [6.45, 7) is 6.28. The molecule has 0 aliphatic rings. The van der Waals surface area contributed by atoms with Gasteiger partial charge in [-0.3, -0.25) is 5.43 Å². The Morgan fingerprint density at radius 1 is 1.38 bits per heavy atom. The number of ether oxygens (including phenoxy) is 3. The highest BCUT2D eigenvalue weighted by molar-refractivity contribution is 9.10. The van der Waals surface area contributed by atoms with Gasteiger partial charge in [0.1, 0.15) is 4.88 Å². The van der Waals surface area contributed by atoms with Crippen LogP contribution >= 0.6 is 27.3 Å². The molecule has 7 nitrogen and oxygen atoms in total. The van der Waals surface area contributed by atoms with Gasteiger partial charge >= 0.3 is 5.97 Å². The number of methoxy groups -OCH3 is 1. The van der Waals surface area contributed by atoms with E-state index in [0.29, 0.717) is 40.4 Å². The molecule has 1 aromatic heterocycles. The summed E-state index contributed by atoms with van der Waals surface area (Å²) in [6, 6.07) is 3.69. The number of thiazole rings is 1. The third kappa shape index (κ3) is 4.95. The first kappa shape index (κ1) is 20.2. The summed E-state index contributed by atoms with van der Waals surface area (Å²) in [5.74, 6) is 0.882. The molecule has 2 rings (SSSR count). The molecule has 0 aliphatic heterocycles. The van der Waals surface area contributed by atoms with E-state index in [1.165, 1.54) is 11.3 Å². The second-order valence-corrected chi connectivity index (χ2v) is 6.84. The van der Waals surface area contributed by atoms with Gasteiger partial charge < -0.3 is 14.2 Å². The number of hydrogen-bond donors (Lipinski definition) is 1. The largest absolute Gasteiger partial charge is 0.492 e. The molecule has 0 atom stereocenters. The molecule has 0 radical (unpaired) electrons. The van der Waals surface area contributed by atoms with Crippen LogP contribution in [-0.4, -0.2) is 37.5 Å². The number of aromatic nitrogens is 1. The zero-order chi connectivity index (χ0) is 19.1. The van der Waals surface area contributed by atoms with Gasteiger partial charge in [-0.05, 0) is 54.4 Å². The van der Waals surface area contributed by atoms with Gasteiger partial charge in [0.15, 0.2) is 11.5 Å². The quantitative estimate of drug-likeness (QED) is 0.374. The lowest BCUT2D eigenvalue weighted by atomic mass is 10.2. The van der Waals surface area contributed by atoms with Crippen molar-refractivity contribution in [2.45, 2.75) is 20.8 Å². The van der Waals surface area contributed by atoms with E-state index in [1.807, 2.05) is 19.1 Å². The molecule has 26 heavy (non-hydrogen) atoms. The molecule has 0 saturated heterocycles. The first-order valence-electron chi connectivity index (χ1n) is 7.94. The molecule has 0 unspecified atom stereocenters. The van der Waals surface area contributed by atoms with E-state index in [2.05, 4.69) is 31.4 Å². The standard InChI is InChI=1S/C17H20BrN3O4S/c1-5-24-13-8-11(7-12(18)14(13)23-4)9-19-21-17-20-10(3)15(26-17)16(22)25-6-2/h7-9H,5-6H2,1-4H3,(H,20,21)/b19-9-. The Labute approximate surface area is 164 Å². The predicted molar refractivity (Wildman–Crippen MR) is 106 cm³/mol. The van der Waals surface area contributed by atoms with Gasteiger partial charge in [-0.25, -0.2) is 9.78 Å². The topological polar surface area (TPSA) is 82.0 Å². The normalized spacial score (nSPS) is 10.8. The minimum Gasteiger partial charge on any atom is -0.492 e. The average molecular weight is 442 g/mol. The molecule has 0 fully saturated rings. The van der Waals surface area contributed by atoms with E-state index in [4.69, 9.17) is 14.2 Å². The second-order valence-electron chi connectivity index (χ2n) is 4.99. The first-order chi connectivity index (χ1) is 12.5. The van der Waals surface area contributed by atoms with Crippen LogP contribution in [-0.2, 0) is 4.74 Å². The summed E-state index contributed by atoms with van der Waals surface area (Å²) in [6.07, 6.45) is 1.63. The summed E-state index contributed by atoms with van der Waals surface area (Å²) in [7, 11) is 1.59. The van der Waals surface area contributed by atoms with E-state index in [-0.39, 0.29) is 5.97 Å². The average Bonchev–Trinajstić information content (AvgIpc) is 2.96. The number of hydrogen-bond acceptors (Lipinski definition) is 8. The number of esters is 1. The molecule has 0 bridgehead atoms. The maximum atomic E-state index is 11.8. The Balaban J connectivity index is 2.13. The SMILES string of the molecule is CCOC(=O)c1sc(N/N=C\c2cc(Br)c(OC)c(OCC)c2)nc1C. The minimum absolute atomic E-state index is 0.325. The highest BCUT2D eigenvalue weighted by Gasteiger charge is 2.16. The van der Waals surface area contributed by atoms with E-state index in [9.17, 15) is 4.79 Å². The lowest BCUT2D eigenvalue weighted by molar-refractivity contribution is 0.0531. The molecule has 140 valence electrons. The number of aryl methyl sites for hydroxylation is 1. The number of anilines is 1. The Morgan fingerprint density at radius 2 is 2.15 bits per heavy atom. The van der Waals surface area contributed by atoms with Crippen LogP contribution in [0.15, 0.2) is 21.7 Å². The molecule has 2 aromatic rings. The van der Waals surface area contributed by atoms with Crippen molar-refractivity contribution in [3.8, 4) is 11.5 Å². The van der Waals surface area contributed by atoms with Gasteiger partial charge in [-0.15, -0.1) is 0 Å². The van der Waals surface area contributed by atoms with E-state index in [0.717, 1.165) is 10.0 Å². The number of hydrazone groups is 1. The maximum absolute atomic E-state index is 11.8. The monoisotopic (exact) mass is 441 g/mol. The van der Waals surface area contributed by atoms with Gasteiger partial charge in [0, 0.05) is 0 Å². The smallest absolute Gasteiger partial charge is 0.350 e. The number of rotatable bonds is 8. The highest BCUT2D eigenvalue weighted by Crippen LogP contribution is 2.36. The Kier molecular flexibility index (Phi) is 7.40. The summed E-state index contributed by atoms with van der Waals surface area (Å²) in [5, 5.41) is 4.69. The van der Waals surface area contributed by atoms with Crippen LogP contribution in [0.5, 0.6) is 11.5 Å². The van der Waals surface area contributed by atoms with Gasteiger partial charge in [0.2, 0.25) is 5.13 Å². The number of carbonyl (C=O) groups is 1. The van der Waals surface area contributed by atoms with Crippen LogP contribution in [0.2, 0.25) is 0 Å². The molecular weight excluding hydrogens is 422 g/mol. The van der Waals surface area contributed by atoms with Crippen LogP contribution in [0, 0.1) is 6.92 Å². The molecular formula is C17H20BrN3O4S. The fraction of sp³-hybridized carbons (Fsp3) is 0.353. The zero-order valence-electron chi connectivity index (χ0n) is 15.0. The summed E-state index contributed by atoms with van der Waals surface area (Å²) in [4.78, 5) is 16.6. The molecule has 1 N–H and O–H groups in total. The molecule has 1 aromatic carbocycles. The van der Waals surface area contributed by atoms with Crippen LogP contribution in [0.25, 0.3) is 0 Å². The van der Waals surface area contributed by atoms with Crippen molar-refractivity contribution in [3.63, 3.8) is 0 Å². The Bertz CT molecular complexity index is 808. The number of nitrogens with one attached hydrogen (secondary N) is 1. The molecule has 0 aliphatic carbocycles. The van der Waals surface area contributed by atoms with Crippen molar-refractivity contribution >= 4 is 44.6 Å². The van der Waals surface area contributed by atoms with Gasteiger partial charge in [-0.2, -0.15) is 5.10 Å². The van der Waals surface area contributed by atoms with Crippen LogP contribution in [0.4, 0.5) is 5.13 Å². The van der Waals surface area contributed by atoms with Crippen LogP contribution in [0.3, 0.4) is 0 Å². The maximum Gasteiger partial charge on any atom is 0.350 e. The van der Waals surface area contributed by atoms with Crippen molar-refractivity contribution in [1.82, 2.24) is 4.98 Å². The van der Waals surface area contributed by atoms with Crippen LogP contribution < -0.4 is 14.9 Å². The molecule has 1 heterocycles. The van der Waals surface area contributed by atoms with Crippen molar-refractivity contribution in [2.75, 3.05) is 25.7 Å². The van der Waals surface area contributed by atoms with Crippen molar-refractivity contribution < 1.29 is 19.0 Å². The Hall–Kier alpha value is -2.13. The minimum atomic E-state index is -0.375. The number of carbonyl (C=O) groups excluding carboxylic acids is 1. The summed E-state index contributed by atoms with van der Waals surface area (Å²) < 4.78 is 16.7. The van der Waals surface area contributed by atoms with E-state index < -0.39 is 0 Å². The van der Waals surface area contributed by atoms with Gasteiger partial charge in [0.05, 0.1) is 36.7 Å². The Morgan fingerprint density at radius 3 is 2.81 bits per heavy atom. The van der Waals surface area contributed by atoms with Crippen molar-refractivity contribution in [3.05, 3.63) is 32.7 Å². The molecule has 9 heteroatoms. The highest BCUT2D eigenvalue weighted by atomic mass is 79.9. The zero-order valence-corrected chi connectivity index (χ0v) is 17.4. The molecule has 0 saturated carbocycles. The lowest BCUT2D eigenvalue weighted by Gasteiger charge is -2.11. The first-order valence-corrected chi connectivity index (χ1v) is 9.55. The predicted octanol–water partition coefficient (Wildman–Crippen LogP) is 4.24. The lowest BCUT2D eigenvalue weighted by Crippen LogP contribution is -2.03. The van der Waals surface area contributed by atoms with Crippen molar-refractivity contribution in [2.24, 2.45) is 5.10 Å². The summed E-state index contributed by atoms with van der Waals surface area (Å²) in [5.41, 5.74) is 4.25. The van der Waals surface area contributed by atoms with Crippen LogP contribution in [0.1, 0.15) is 34.8 Å². The molecule has 0 spiro atoms. The van der Waals surface area contributed by atoms with Crippen molar-refractivity contribution in [1.29, 1.82) is 0 Å². The molecule has 0 amide bonds. The number of nitrogens with zero attached hydrogens (tertiary/aromatic N) is 2.